The Morgan fingerprint density at radius 2 is 2.50 bits per heavy atom. The quantitative estimate of drug-likeness (QED) is 0.528. The first-order valence-corrected chi connectivity index (χ1v) is 3.94. The second-order valence-corrected chi connectivity index (χ2v) is 2.67. The van der Waals surface area contributed by atoms with Crippen molar-refractivity contribution in [2.24, 2.45) is 0 Å². The van der Waals surface area contributed by atoms with Gasteiger partial charge < -0.3 is 10.6 Å². The second kappa shape index (κ2) is 4.66. The van der Waals surface area contributed by atoms with Crippen molar-refractivity contribution in [2.45, 2.75) is 12.5 Å². The third-order valence-corrected chi connectivity index (χ3v) is 1.79. The molecule has 1 saturated heterocycles. The van der Waals surface area contributed by atoms with Crippen LogP contribution in [-0.2, 0) is 0 Å². The summed E-state index contributed by atoms with van der Waals surface area (Å²) in [6.07, 6.45) is 1.18. The molecule has 3 nitrogen and oxygen atoms in total. The molecule has 1 heterocycles. The molecule has 0 spiro atoms. The Kier molecular flexibility index (Phi) is 3.72. The topological polar surface area (TPSA) is 38.2 Å². The van der Waals surface area contributed by atoms with Crippen molar-refractivity contribution in [3.05, 3.63) is 0 Å². The van der Waals surface area contributed by atoms with E-state index < -0.39 is 0 Å². The third-order valence-electron chi connectivity index (χ3n) is 1.79. The van der Waals surface area contributed by atoms with E-state index in [0.717, 1.165) is 26.2 Å². The molecule has 1 rings (SSSR count). The minimum Gasteiger partial charge on any atom is -0.318 e. The molecule has 59 valence electrons. The third kappa shape index (κ3) is 2.64. The van der Waals surface area contributed by atoms with E-state index >= 15 is 0 Å². The fourth-order valence-corrected chi connectivity index (χ4v) is 1.23. The average molecular weight is 142 g/mol. The minimum atomic E-state index is 0.635. The van der Waals surface area contributed by atoms with E-state index in [4.69, 9.17) is 0 Å². The number of hydrogen-bond donors (Lipinski definition) is 2. The summed E-state index contributed by atoms with van der Waals surface area (Å²) < 4.78 is 0. The van der Waals surface area contributed by atoms with E-state index in [1.807, 2.05) is 7.05 Å². The lowest BCUT2D eigenvalue weighted by Crippen LogP contribution is -2.37. The van der Waals surface area contributed by atoms with Gasteiger partial charge in [0.25, 0.3) is 0 Å². The normalized spacial score (nSPS) is 27.9. The molecular weight excluding hydrogens is 126 g/mol. The molecule has 2 N–H and O–H groups in total. The maximum absolute atomic E-state index is 4.31. The summed E-state index contributed by atoms with van der Waals surface area (Å²) in [5.74, 6) is 0. The molecule has 0 bridgehead atoms. The molecule has 10 heavy (non-hydrogen) atoms. The van der Waals surface area contributed by atoms with Crippen molar-refractivity contribution >= 4 is 0 Å². The van der Waals surface area contributed by atoms with Crippen molar-refractivity contribution in [1.82, 2.24) is 16.0 Å². The van der Waals surface area contributed by atoms with E-state index in [0.29, 0.717) is 6.04 Å². The molecule has 0 saturated carbocycles. The van der Waals surface area contributed by atoms with Crippen molar-refractivity contribution in [1.29, 1.82) is 0 Å². The summed E-state index contributed by atoms with van der Waals surface area (Å²) in [7, 11) is 1.99. The van der Waals surface area contributed by atoms with Gasteiger partial charge in [-0.15, -0.1) is 0 Å². The molecule has 1 radical (unpaired) electrons. The van der Waals surface area contributed by atoms with E-state index in [-0.39, 0.29) is 0 Å². The van der Waals surface area contributed by atoms with Crippen LogP contribution in [0, 0.1) is 0 Å². The van der Waals surface area contributed by atoms with Gasteiger partial charge in [0.1, 0.15) is 0 Å². The van der Waals surface area contributed by atoms with E-state index in [1.165, 1.54) is 6.42 Å². The molecule has 0 amide bonds. The Bertz CT molecular complexity index is 76.9. The van der Waals surface area contributed by atoms with Crippen LogP contribution >= 0.6 is 0 Å². The average Bonchev–Trinajstić information content (AvgIpc) is 2.17. The zero-order valence-electron chi connectivity index (χ0n) is 6.56. The number of nitrogens with one attached hydrogen (secondary N) is 2. The predicted molar refractivity (Wildman–Crippen MR) is 42.2 cm³/mol. The van der Waals surface area contributed by atoms with E-state index in [1.54, 1.807) is 0 Å². The van der Waals surface area contributed by atoms with Crippen LogP contribution < -0.4 is 16.0 Å². The molecule has 1 fully saturated rings. The van der Waals surface area contributed by atoms with Crippen molar-refractivity contribution < 1.29 is 0 Å². The van der Waals surface area contributed by atoms with Crippen LogP contribution in [0.1, 0.15) is 6.42 Å². The lowest BCUT2D eigenvalue weighted by Gasteiger charge is -2.13. The van der Waals surface area contributed by atoms with Crippen LogP contribution in [0.25, 0.3) is 0 Å². The molecule has 0 aromatic carbocycles. The largest absolute Gasteiger partial charge is 0.318 e. The molecule has 0 aromatic rings. The highest BCUT2D eigenvalue weighted by molar-refractivity contribution is 4.73. The van der Waals surface area contributed by atoms with Gasteiger partial charge in [0.05, 0.1) is 0 Å². The Morgan fingerprint density at radius 3 is 3.30 bits per heavy atom. The van der Waals surface area contributed by atoms with Gasteiger partial charge in [-0.2, -0.15) is 0 Å². The maximum Gasteiger partial charge on any atom is 0.0258 e. The van der Waals surface area contributed by atoms with Crippen LogP contribution in [-0.4, -0.2) is 39.3 Å². The second-order valence-electron chi connectivity index (χ2n) is 2.67. The highest BCUT2D eigenvalue weighted by atomic mass is 15.0. The van der Waals surface area contributed by atoms with Crippen molar-refractivity contribution in [2.75, 3.05) is 33.2 Å². The number of hydrogen-bond acceptors (Lipinski definition) is 2. The monoisotopic (exact) mass is 142 g/mol. The lowest BCUT2D eigenvalue weighted by atomic mass is 10.2. The van der Waals surface area contributed by atoms with E-state index in [9.17, 15) is 0 Å². The van der Waals surface area contributed by atoms with Crippen molar-refractivity contribution in [3.8, 4) is 0 Å². The van der Waals surface area contributed by atoms with Gasteiger partial charge >= 0.3 is 0 Å². The molecule has 1 atom stereocenters. The molecular formula is C7H16N3. The number of nitrogens with zero attached hydrogens (tertiary/aromatic N) is 1. The first-order chi connectivity index (χ1) is 4.93. The maximum atomic E-state index is 4.31. The Labute approximate surface area is 62.6 Å². The van der Waals surface area contributed by atoms with E-state index in [2.05, 4.69) is 16.0 Å². The molecule has 1 aliphatic heterocycles. The lowest BCUT2D eigenvalue weighted by molar-refractivity contribution is 0.499. The van der Waals surface area contributed by atoms with Crippen LogP contribution in [0.3, 0.4) is 0 Å². The first-order valence-electron chi connectivity index (χ1n) is 3.94. The zero-order valence-corrected chi connectivity index (χ0v) is 6.56. The van der Waals surface area contributed by atoms with Gasteiger partial charge in [0.2, 0.25) is 0 Å². The highest BCUT2D eigenvalue weighted by Crippen LogP contribution is 1.92. The van der Waals surface area contributed by atoms with Gasteiger partial charge in [-0.25, -0.2) is 5.32 Å². The minimum absolute atomic E-state index is 0.635. The highest BCUT2D eigenvalue weighted by Gasteiger charge is 2.08. The first kappa shape index (κ1) is 7.98. The predicted octanol–water partition coefficient (Wildman–Crippen LogP) is -0.828. The van der Waals surface area contributed by atoms with Crippen molar-refractivity contribution in [3.63, 3.8) is 0 Å². The SMILES string of the molecule is CNCC1CC[N]CCN1. The van der Waals surface area contributed by atoms with Crippen LogP contribution in [0.2, 0.25) is 0 Å². The molecule has 1 unspecified atom stereocenters. The summed E-state index contributed by atoms with van der Waals surface area (Å²) in [6.45, 7) is 4.13. The summed E-state index contributed by atoms with van der Waals surface area (Å²) in [5, 5.41) is 10.9. The fraction of sp³-hybridized carbons (Fsp3) is 1.00. The Balaban J connectivity index is 2.15. The number of likely N-dealkylation sites (N-methyl/N-ethyl adjacent to an activating group) is 1. The smallest absolute Gasteiger partial charge is 0.0258 e. The van der Waals surface area contributed by atoms with Crippen LogP contribution in [0.4, 0.5) is 0 Å². The zero-order chi connectivity index (χ0) is 7.23. The summed E-state index contributed by atoms with van der Waals surface area (Å²) in [6, 6.07) is 0.635. The molecule has 0 aliphatic carbocycles. The molecule has 1 aliphatic rings. The Morgan fingerprint density at radius 1 is 1.60 bits per heavy atom. The summed E-state index contributed by atoms with van der Waals surface area (Å²) in [5.41, 5.74) is 0. The van der Waals surface area contributed by atoms with Crippen LogP contribution in [0.15, 0.2) is 0 Å². The van der Waals surface area contributed by atoms with Gasteiger partial charge in [-0.1, -0.05) is 0 Å². The van der Waals surface area contributed by atoms with Crippen LogP contribution in [0.5, 0.6) is 0 Å². The van der Waals surface area contributed by atoms with Gasteiger partial charge in [-0.05, 0) is 13.5 Å². The van der Waals surface area contributed by atoms with Gasteiger partial charge in [-0.3, -0.25) is 0 Å². The summed E-state index contributed by atoms with van der Waals surface area (Å²) in [4.78, 5) is 0. The van der Waals surface area contributed by atoms with Gasteiger partial charge in [0.15, 0.2) is 0 Å². The Hall–Kier alpha value is -0.120. The van der Waals surface area contributed by atoms with Gasteiger partial charge in [0, 0.05) is 32.2 Å². The molecule has 3 heteroatoms. The summed E-state index contributed by atoms with van der Waals surface area (Å²) >= 11 is 0. The number of rotatable bonds is 2. The molecule has 0 aromatic heterocycles. The fourth-order valence-electron chi connectivity index (χ4n) is 1.23. The standard InChI is InChI=1S/C7H16N3/c1-8-6-7-2-3-9-4-5-10-7/h7-8,10H,2-6H2,1H3.